The second kappa shape index (κ2) is 4.13. The van der Waals surface area contributed by atoms with Gasteiger partial charge in [-0.2, -0.15) is 0 Å². The van der Waals surface area contributed by atoms with E-state index in [1.165, 1.54) is 4.90 Å². The maximum Gasteiger partial charge on any atom is 0.255 e. The number of fused-ring (bicyclic) bond motifs is 1. The SMILES string of the molecule is C[C@H]1NC(=S)N(c2cccc3c2OCCO3)C1=O. The van der Waals surface area contributed by atoms with Crippen LogP contribution in [0.15, 0.2) is 18.2 Å². The summed E-state index contributed by atoms with van der Waals surface area (Å²) in [5.41, 5.74) is 0.638. The smallest absolute Gasteiger partial charge is 0.255 e. The molecular weight excluding hydrogens is 252 g/mol. The predicted molar refractivity (Wildman–Crippen MR) is 70.1 cm³/mol. The van der Waals surface area contributed by atoms with Crippen molar-refractivity contribution in [1.29, 1.82) is 0 Å². The van der Waals surface area contributed by atoms with Gasteiger partial charge in [0.05, 0.1) is 5.69 Å². The van der Waals surface area contributed by atoms with Crippen LogP contribution in [-0.2, 0) is 4.79 Å². The third kappa shape index (κ3) is 1.60. The van der Waals surface area contributed by atoms with Gasteiger partial charge in [-0.3, -0.25) is 9.69 Å². The average molecular weight is 264 g/mol. The number of carbonyl (C=O) groups excluding carboxylic acids is 1. The molecule has 0 saturated carbocycles. The standard InChI is InChI=1S/C12H12N2O3S/c1-7-11(15)14(12(18)13-7)8-3-2-4-9-10(8)17-6-5-16-9/h2-4,7H,5-6H2,1H3,(H,13,18)/t7-/m1/s1. The first-order chi connectivity index (χ1) is 8.68. The zero-order chi connectivity index (χ0) is 12.7. The summed E-state index contributed by atoms with van der Waals surface area (Å²) in [6.07, 6.45) is 0. The Balaban J connectivity index is 2.07. The van der Waals surface area contributed by atoms with Crippen LogP contribution in [0.4, 0.5) is 5.69 Å². The maximum absolute atomic E-state index is 12.1. The second-order valence-corrected chi connectivity index (χ2v) is 4.53. The number of nitrogens with zero attached hydrogens (tertiary/aromatic N) is 1. The van der Waals surface area contributed by atoms with Gasteiger partial charge >= 0.3 is 0 Å². The number of para-hydroxylation sites is 1. The topological polar surface area (TPSA) is 50.8 Å². The van der Waals surface area contributed by atoms with E-state index in [4.69, 9.17) is 21.7 Å². The van der Waals surface area contributed by atoms with Crippen molar-refractivity contribution < 1.29 is 14.3 Å². The number of hydrogen-bond donors (Lipinski definition) is 1. The first-order valence-corrected chi connectivity index (χ1v) is 6.12. The van der Waals surface area contributed by atoms with Crippen molar-refractivity contribution in [1.82, 2.24) is 5.32 Å². The van der Waals surface area contributed by atoms with Crippen LogP contribution in [0, 0.1) is 0 Å². The Kier molecular flexibility index (Phi) is 2.59. The van der Waals surface area contributed by atoms with E-state index in [2.05, 4.69) is 5.32 Å². The van der Waals surface area contributed by atoms with E-state index in [0.717, 1.165) is 0 Å². The number of rotatable bonds is 1. The minimum Gasteiger partial charge on any atom is -0.486 e. The molecule has 1 aromatic carbocycles. The molecule has 1 amide bonds. The predicted octanol–water partition coefficient (Wildman–Crippen LogP) is 1.07. The van der Waals surface area contributed by atoms with Gasteiger partial charge in [0.2, 0.25) is 0 Å². The van der Waals surface area contributed by atoms with E-state index in [9.17, 15) is 4.79 Å². The Morgan fingerprint density at radius 1 is 1.39 bits per heavy atom. The molecule has 1 aromatic rings. The highest BCUT2D eigenvalue weighted by molar-refractivity contribution is 7.80. The summed E-state index contributed by atoms with van der Waals surface area (Å²) < 4.78 is 11.1. The van der Waals surface area contributed by atoms with E-state index in [1.54, 1.807) is 13.0 Å². The van der Waals surface area contributed by atoms with Crippen molar-refractivity contribution in [3.63, 3.8) is 0 Å². The molecule has 94 valence electrons. The molecule has 0 radical (unpaired) electrons. The van der Waals surface area contributed by atoms with Crippen LogP contribution < -0.4 is 19.7 Å². The van der Waals surface area contributed by atoms with E-state index in [0.29, 0.717) is 35.5 Å². The highest BCUT2D eigenvalue weighted by atomic mass is 32.1. The summed E-state index contributed by atoms with van der Waals surface area (Å²) in [7, 11) is 0. The van der Waals surface area contributed by atoms with Gasteiger partial charge in [0, 0.05) is 0 Å². The molecule has 0 aliphatic carbocycles. The number of ether oxygens (including phenoxy) is 2. The van der Waals surface area contributed by atoms with Gasteiger partial charge in [-0.15, -0.1) is 0 Å². The molecule has 18 heavy (non-hydrogen) atoms. The van der Waals surface area contributed by atoms with Crippen molar-refractivity contribution in [3.8, 4) is 11.5 Å². The molecule has 2 aliphatic heterocycles. The van der Waals surface area contributed by atoms with Gasteiger partial charge in [-0.05, 0) is 31.3 Å². The molecule has 1 N–H and O–H groups in total. The van der Waals surface area contributed by atoms with Gasteiger partial charge in [-0.1, -0.05) is 6.07 Å². The minimum absolute atomic E-state index is 0.0810. The van der Waals surface area contributed by atoms with Gasteiger partial charge in [0.25, 0.3) is 5.91 Å². The quantitative estimate of drug-likeness (QED) is 0.769. The van der Waals surface area contributed by atoms with E-state index in [-0.39, 0.29) is 11.9 Å². The number of hydrogen-bond acceptors (Lipinski definition) is 4. The van der Waals surface area contributed by atoms with Crippen LogP contribution in [0.3, 0.4) is 0 Å². The molecule has 6 heteroatoms. The molecule has 1 saturated heterocycles. The molecule has 1 fully saturated rings. The number of thiocarbonyl (C=S) groups is 1. The fraction of sp³-hybridized carbons (Fsp3) is 0.333. The second-order valence-electron chi connectivity index (χ2n) is 4.15. The Morgan fingerprint density at radius 3 is 2.89 bits per heavy atom. The molecule has 0 spiro atoms. The normalized spacial score (nSPS) is 22.1. The molecule has 0 unspecified atom stereocenters. The van der Waals surface area contributed by atoms with Crippen LogP contribution in [-0.4, -0.2) is 30.3 Å². The summed E-state index contributed by atoms with van der Waals surface area (Å²) in [5, 5.41) is 3.33. The van der Waals surface area contributed by atoms with Gasteiger partial charge in [0.15, 0.2) is 16.6 Å². The van der Waals surface area contributed by atoms with Gasteiger partial charge < -0.3 is 14.8 Å². The molecule has 1 atom stereocenters. The summed E-state index contributed by atoms with van der Waals surface area (Å²) in [6.45, 7) is 2.77. The Bertz CT molecular complexity index is 532. The summed E-state index contributed by atoms with van der Waals surface area (Å²) in [5.74, 6) is 1.15. The maximum atomic E-state index is 12.1. The molecule has 2 heterocycles. The lowest BCUT2D eigenvalue weighted by molar-refractivity contribution is -0.117. The van der Waals surface area contributed by atoms with Crippen molar-refractivity contribution in [2.45, 2.75) is 13.0 Å². The first kappa shape index (κ1) is 11.3. The van der Waals surface area contributed by atoms with Crippen LogP contribution >= 0.6 is 12.2 Å². The monoisotopic (exact) mass is 264 g/mol. The first-order valence-electron chi connectivity index (χ1n) is 5.71. The van der Waals surface area contributed by atoms with Gasteiger partial charge in [-0.25, -0.2) is 0 Å². The van der Waals surface area contributed by atoms with Crippen LogP contribution in [0.1, 0.15) is 6.92 Å². The number of carbonyl (C=O) groups is 1. The Labute approximate surface area is 110 Å². The molecular formula is C12H12N2O3S. The van der Waals surface area contributed by atoms with E-state index >= 15 is 0 Å². The van der Waals surface area contributed by atoms with Crippen LogP contribution in [0.5, 0.6) is 11.5 Å². The lowest BCUT2D eigenvalue weighted by Crippen LogP contribution is -2.32. The van der Waals surface area contributed by atoms with E-state index < -0.39 is 0 Å². The summed E-state index contributed by atoms with van der Waals surface area (Å²) in [4.78, 5) is 13.5. The number of anilines is 1. The Hall–Kier alpha value is -1.82. The lowest BCUT2D eigenvalue weighted by Gasteiger charge is -2.24. The van der Waals surface area contributed by atoms with Crippen LogP contribution in [0.25, 0.3) is 0 Å². The van der Waals surface area contributed by atoms with Gasteiger partial charge in [0.1, 0.15) is 19.3 Å². The summed E-state index contributed by atoms with van der Waals surface area (Å²) in [6, 6.07) is 5.13. The third-order valence-corrected chi connectivity index (χ3v) is 3.22. The summed E-state index contributed by atoms with van der Waals surface area (Å²) >= 11 is 5.18. The van der Waals surface area contributed by atoms with Crippen molar-refractivity contribution >= 4 is 28.9 Å². The Morgan fingerprint density at radius 2 is 2.17 bits per heavy atom. The number of benzene rings is 1. The minimum atomic E-state index is -0.308. The van der Waals surface area contributed by atoms with Crippen LogP contribution in [0.2, 0.25) is 0 Å². The lowest BCUT2D eigenvalue weighted by atomic mass is 10.2. The molecule has 5 nitrogen and oxygen atoms in total. The highest BCUT2D eigenvalue weighted by Gasteiger charge is 2.36. The molecule has 0 aromatic heterocycles. The zero-order valence-electron chi connectivity index (χ0n) is 9.80. The number of nitrogens with one attached hydrogen (secondary N) is 1. The van der Waals surface area contributed by atoms with Crippen molar-refractivity contribution in [2.24, 2.45) is 0 Å². The third-order valence-electron chi connectivity index (χ3n) is 2.92. The largest absolute Gasteiger partial charge is 0.486 e. The molecule has 3 rings (SSSR count). The average Bonchev–Trinajstić information content (AvgIpc) is 2.63. The number of amides is 1. The highest BCUT2D eigenvalue weighted by Crippen LogP contribution is 2.40. The van der Waals surface area contributed by atoms with Crippen molar-refractivity contribution in [3.05, 3.63) is 18.2 Å². The molecule has 0 bridgehead atoms. The molecule has 2 aliphatic rings. The fourth-order valence-electron chi connectivity index (χ4n) is 2.07. The zero-order valence-corrected chi connectivity index (χ0v) is 10.6. The fourth-order valence-corrected chi connectivity index (χ4v) is 2.43. The van der Waals surface area contributed by atoms with E-state index in [1.807, 2.05) is 12.1 Å². The van der Waals surface area contributed by atoms with Crippen molar-refractivity contribution in [2.75, 3.05) is 18.1 Å².